The first-order valence-corrected chi connectivity index (χ1v) is 8.85. The van der Waals surface area contributed by atoms with Crippen molar-refractivity contribution in [2.45, 2.75) is 51.7 Å². The molecule has 0 aromatic heterocycles. The third-order valence-corrected chi connectivity index (χ3v) is 5.60. The van der Waals surface area contributed by atoms with Crippen molar-refractivity contribution in [1.82, 2.24) is 9.80 Å². The van der Waals surface area contributed by atoms with Crippen LogP contribution in [0.3, 0.4) is 0 Å². The molecule has 1 aromatic rings. The second kappa shape index (κ2) is 7.20. The predicted molar refractivity (Wildman–Crippen MR) is 93.0 cm³/mol. The molecule has 3 rings (SSSR count). The summed E-state index contributed by atoms with van der Waals surface area (Å²) >= 11 is 0. The summed E-state index contributed by atoms with van der Waals surface area (Å²) in [6.07, 6.45) is 3.52. The molecule has 0 amide bonds. The van der Waals surface area contributed by atoms with Gasteiger partial charge in [0.25, 0.3) is 0 Å². The van der Waals surface area contributed by atoms with E-state index in [1.807, 2.05) is 0 Å². The van der Waals surface area contributed by atoms with E-state index in [0.717, 1.165) is 31.8 Å². The maximum atomic E-state index is 9.45. The van der Waals surface area contributed by atoms with Gasteiger partial charge in [0.2, 0.25) is 0 Å². The second-order valence-electron chi connectivity index (χ2n) is 7.13. The van der Waals surface area contributed by atoms with Crippen molar-refractivity contribution in [3.63, 3.8) is 0 Å². The van der Waals surface area contributed by atoms with Crippen LogP contribution in [0.2, 0.25) is 0 Å². The number of aliphatic hydroxyl groups is 1. The second-order valence-corrected chi connectivity index (χ2v) is 7.13. The Labute approximate surface area is 140 Å². The SMILES string of the molecule is COc1cc(C)c(CN2C[C@@H]3CCCN3C[C@@H]2CCO)cc1C. The Balaban J connectivity index is 1.77. The maximum Gasteiger partial charge on any atom is 0.122 e. The summed E-state index contributed by atoms with van der Waals surface area (Å²) in [7, 11) is 1.73. The molecule has 1 N–H and O–H groups in total. The van der Waals surface area contributed by atoms with Crippen molar-refractivity contribution >= 4 is 0 Å². The number of benzene rings is 1. The van der Waals surface area contributed by atoms with Gasteiger partial charge in [0.15, 0.2) is 0 Å². The first-order valence-electron chi connectivity index (χ1n) is 8.85. The van der Waals surface area contributed by atoms with Gasteiger partial charge >= 0.3 is 0 Å². The molecule has 0 bridgehead atoms. The van der Waals surface area contributed by atoms with Crippen LogP contribution in [0.1, 0.15) is 36.0 Å². The number of fused-ring (bicyclic) bond motifs is 1. The van der Waals surface area contributed by atoms with Gasteiger partial charge in [-0.3, -0.25) is 9.80 Å². The van der Waals surface area contributed by atoms with Gasteiger partial charge < -0.3 is 9.84 Å². The quantitative estimate of drug-likeness (QED) is 0.904. The van der Waals surface area contributed by atoms with E-state index in [4.69, 9.17) is 4.74 Å². The van der Waals surface area contributed by atoms with Crippen LogP contribution in [0, 0.1) is 13.8 Å². The molecule has 23 heavy (non-hydrogen) atoms. The number of hydrogen-bond acceptors (Lipinski definition) is 4. The summed E-state index contributed by atoms with van der Waals surface area (Å²) in [5, 5.41) is 9.45. The van der Waals surface area contributed by atoms with Crippen LogP contribution in [0.15, 0.2) is 12.1 Å². The molecule has 2 aliphatic rings. The van der Waals surface area contributed by atoms with E-state index in [2.05, 4.69) is 35.8 Å². The minimum atomic E-state index is 0.278. The van der Waals surface area contributed by atoms with E-state index < -0.39 is 0 Å². The van der Waals surface area contributed by atoms with Crippen molar-refractivity contribution in [2.24, 2.45) is 0 Å². The first kappa shape index (κ1) is 16.7. The number of piperazine rings is 1. The number of aryl methyl sites for hydroxylation is 2. The lowest BCUT2D eigenvalue weighted by Gasteiger charge is -2.44. The lowest BCUT2D eigenvalue weighted by molar-refractivity contribution is 0.0332. The van der Waals surface area contributed by atoms with E-state index >= 15 is 0 Å². The Bertz CT molecular complexity index is 546. The molecule has 2 heterocycles. The molecule has 0 unspecified atom stereocenters. The highest BCUT2D eigenvalue weighted by molar-refractivity contribution is 5.41. The number of ether oxygens (including phenoxy) is 1. The standard InChI is InChI=1S/C19H30N2O2/c1-14-10-19(23-3)15(2)9-16(14)11-21-13-17-5-4-7-20(17)12-18(21)6-8-22/h9-10,17-18,22H,4-8,11-13H2,1-3H3/t17-,18-/m0/s1. The van der Waals surface area contributed by atoms with Crippen LogP contribution in [0.5, 0.6) is 5.75 Å². The molecule has 2 saturated heterocycles. The van der Waals surface area contributed by atoms with E-state index in [0.29, 0.717) is 12.1 Å². The maximum absolute atomic E-state index is 9.45. The molecule has 0 radical (unpaired) electrons. The Kier molecular flexibility index (Phi) is 5.24. The fourth-order valence-electron chi connectivity index (χ4n) is 4.22. The van der Waals surface area contributed by atoms with E-state index in [1.54, 1.807) is 7.11 Å². The highest BCUT2D eigenvalue weighted by atomic mass is 16.5. The van der Waals surface area contributed by atoms with Crippen LogP contribution in [-0.4, -0.2) is 60.3 Å². The van der Waals surface area contributed by atoms with Gasteiger partial charge in [-0.1, -0.05) is 6.07 Å². The van der Waals surface area contributed by atoms with Crippen LogP contribution in [0.4, 0.5) is 0 Å². The zero-order chi connectivity index (χ0) is 16.4. The molecule has 2 fully saturated rings. The third-order valence-electron chi connectivity index (χ3n) is 5.60. The van der Waals surface area contributed by atoms with Crippen molar-refractivity contribution in [3.8, 4) is 5.75 Å². The van der Waals surface area contributed by atoms with Gasteiger partial charge in [-0.2, -0.15) is 0 Å². The van der Waals surface area contributed by atoms with Gasteiger partial charge in [0.05, 0.1) is 7.11 Å². The fourth-order valence-corrected chi connectivity index (χ4v) is 4.22. The van der Waals surface area contributed by atoms with Gasteiger partial charge in [0.1, 0.15) is 5.75 Å². The van der Waals surface area contributed by atoms with E-state index in [9.17, 15) is 5.11 Å². The minimum absolute atomic E-state index is 0.278. The first-order chi connectivity index (χ1) is 11.1. The van der Waals surface area contributed by atoms with Crippen molar-refractivity contribution in [3.05, 3.63) is 28.8 Å². The van der Waals surface area contributed by atoms with E-state index in [-0.39, 0.29) is 6.61 Å². The number of rotatable bonds is 5. The average molecular weight is 318 g/mol. The van der Waals surface area contributed by atoms with Gasteiger partial charge in [-0.05, 0) is 62.4 Å². The minimum Gasteiger partial charge on any atom is -0.496 e. The normalized spacial score (nSPS) is 25.6. The van der Waals surface area contributed by atoms with Crippen LogP contribution < -0.4 is 4.74 Å². The monoisotopic (exact) mass is 318 g/mol. The smallest absolute Gasteiger partial charge is 0.122 e. The van der Waals surface area contributed by atoms with Crippen LogP contribution >= 0.6 is 0 Å². The molecule has 2 aliphatic heterocycles. The molecule has 4 heteroatoms. The Morgan fingerprint density at radius 1 is 1.22 bits per heavy atom. The molecule has 1 aromatic carbocycles. The van der Waals surface area contributed by atoms with Crippen molar-refractivity contribution < 1.29 is 9.84 Å². The van der Waals surface area contributed by atoms with E-state index in [1.165, 1.54) is 36.1 Å². The molecule has 0 aliphatic carbocycles. The van der Waals surface area contributed by atoms with Crippen LogP contribution in [-0.2, 0) is 6.54 Å². The number of nitrogens with zero attached hydrogens (tertiary/aromatic N) is 2. The third kappa shape index (κ3) is 3.54. The highest BCUT2D eigenvalue weighted by Gasteiger charge is 2.35. The summed E-state index contributed by atoms with van der Waals surface area (Å²) in [4.78, 5) is 5.22. The zero-order valence-corrected chi connectivity index (χ0v) is 14.7. The Hall–Kier alpha value is -1.10. The largest absolute Gasteiger partial charge is 0.496 e. The highest BCUT2D eigenvalue weighted by Crippen LogP contribution is 2.29. The number of aliphatic hydroxyl groups excluding tert-OH is 1. The van der Waals surface area contributed by atoms with Gasteiger partial charge in [-0.15, -0.1) is 0 Å². The molecule has 0 saturated carbocycles. The molecule has 128 valence electrons. The number of hydrogen-bond donors (Lipinski definition) is 1. The van der Waals surface area contributed by atoms with Crippen molar-refractivity contribution in [2.75, 3.05) is 33.4 Å². The fraction of sp³-hybridized carbons (Fsp3) is 0.684. The summed E-state index contributed by atoms with van der Waals surface area (Å²) in [5.41, 5.74) is 3.88. The van der Waals surface area contributed by atoms with Crippen LogP contribution in [0.25, 0.3) is 0 Å². The van der Waals surface area contributed by atoms with Gasteiger partial charge in [0, 0.05) is 38.3 Å². The Morgan fingerprint density at radius 2 is 2.04 bits per heavy atom. The van der Waals surface area contributed by atoms with Crippen molar-refractivity contribution in [1.29, 1.82) is 0 Å². The summed E-state index contributed by atoms with van der Waals surface area (Å²) in [6, 6.07) is 5.60. The zero-order valence-electron chi connectivity index (χ0n) is 14.7. The summed E-state index contributed by atoms with van der Waals surface area (Å²) < 4.78 is 5.43. The number of methoxy groups -OCH3 is 1. The average Bonchev–Trinajstić information content (AvgIpc) is 2.98. The molecule has 4 nitrogen and oxygen atoms in total. The predicted octanol–water partition coefficient (Wildman–Crippen LogP) is 2.34. The topological polar surface area (TPSA) is 35.9 Å². The summed E-state index contributed by atoms with van der Waals surface area (Å²) in [5.74, 6) is 0.971. The molecule has 0 spiro atoms. The summed E-state index contributed by atoms with van der Waals surface area (Å²) in [6.45, 7) is 9.02. The molecule has 2 atom stereocenters. The molecular weight excluding hydrogens is 288 g/mol. The lowest BCUT2D eigenvalue weighted by Crippen LogP contribution is -2.55. The lowest BCUT2D eigenvalue weighted by atomic mass is 10.00. The Morgan fingerprint density at radius 3 is 2.78 bits per heavy atom. The molecular formula is C19H30N2O2. The van der Waals surface area contributed by atoms with Gasteiger partial charge in [-0.25, -0.2) is 0 Å².